The van der Waals surface area contributed by atoms with Gasteiger partial charge >= 0.3 is 0 Å². The minimum atomic E-state index is -0.307. The van der Waals surface area contributed by atoms with Gasteiger partial charge in [-0.2, -0.15) is 0 Å². The summed E-state index contributed by atoms with van der Waals surface area (Å²) >= 11 is 0. The molecule has 2 saturated heterocycles. The minimum Gasteiger partial charge on any atom is -0.342 e. The zero-order valence-electron chi connectivity index (χ0n) is 17.0. The quantitative estimate of drug-likeness (QED) is 0.730. The van der Waals surface area contributed by atoms with Gasteiger partial charge in [0.2, 0.25) is 11.8 Å². The summed E-state index contributed by atoms with van der Waals surface area (Å²) in [4.78, 5) is 29.7. The summed E-state index contributed by atoms with van der Waals surface area (Å²) in [6.07, 6.45) is 6.40. The molecule has 148 valence electrons. The molecule has 0 aliphatic carbocycles. The lowest BCUT2D eigenvalue weighted by atomic mass is 9.78. The van der Waals surface area contributed by atoms with Crippen LogP contribution in [0.5, 0.6) is 0 Å². The number of carbonyl (C=O) groups excluding carboxylic acids is 2. The molecule has 2 heterocycles. The van der Waals surface area contributed by atoms with Crippen LogP contribution in [0.1, 0.15) is 57.9 Å². The van der Waals surface area contributed by atoms with E-state index in [-0.39, 0.29) is 11.3 Å². The molecule has 1 aromatic rings. The molecule has 2 amide bonds. The molecule has 27 heavy (non-hydrogen) atoms. The highest BCUT2D eigenvalue weighted by Crippen LogP contribution is 2.40. The van der Waals surface area contributed by atoms with Gasteiger partial charge in [0.25, 0.3) is 0 Å². The lowest BCUT2D eigenvalue weighted by Gasteiger charge is -2.39. The van der Waals surface area contributed by atoms with E-state index in [1.165, 1.54) is 5.56 Å². The highest BCUT2D eigenvalue weighted by atomic mass is 16.2. The van der Waals surface area contributed by atoms with E-state index in [9.17, 15) is 9.59 Å². The summed E-state index contributed by atoms with van der Waals surface area (Å²) in [5, 5.41) is 0. The van der Waals surface area contributed by atoms with E-state index < -0.39 is 0 Å². The third kappa shape index (κ3) is 4.91. The van der Waals surface area contributed by atoms with Crippen LogP contribution in [0.2, 0.25) is 0 Å². The Kier molecular flexibility index (Phi) is 6.56. The SMILES string of the molecule is CC(C)CCC(=O)N1CC[C@]2(CCCN(CCCc3ccccc3)C2=O)C1. The van der Waals surface area contributed by atoms with Gasteiger partial charge in [0.1, 0.15) is 0 Å². The normalized spacial score (nSPS) is 22.9. The second-order valence-corrected chi connectivity index (χ2v) is 8.76. The number of hydrogen-bond donors (Lipinski definition) is 0. The lowest BCUT2D eigenvalue weighted by molar-refractivity contribution is -0.146. The van der Waals surface area contributed by atoms with Crippen LogP contribution in [0.25, 0.3) is 0 Å². The Morgan fingerprint density at radius 3 is 2.67 bits per heavy atom. The number of hydrogen-bond acceptors (Lipinski definition) is 2. The maximum atomic E-state index is 13.2. The zero-order chi connectivity index (χ0) is 19.3. The van der Waals surface area contributed by atoms with E-state index in [1.807, 2.05) is 11.0 Å². The Morgan fingerprint density at radius 1 is 1.15 bits per heavy atom. The van der Waals surface area contributed by atoms with Crippen molar-refractivity contribution in [3.05, 3.63) is 35.9 Å². The predicted molar refractivity (Wildman–Crippen MR) is 108 cm³/mol. The van der Waals surface area contributed by atoms with Gasteiger partial charge in [0.05, 0.1) is 5.41 Å². The third-order valence-electron chi connectivity index (χ3n) is 6.20. The molecule has 4 nitrogen and oxygen atoms in total. The fraction of sp³-hybridized carbons (Fsp3) is 0.652. The monoisotopic (exact) mass is 370 g/mol. The summed E-state index contributed by atoms with van der Waals surface area (Å²) in [6, 6.07) is 10.5. The van der Waals surface area contributed by atoms with Crippen molar-refractivity contribution in [1.82, 2.24) is 9.80 Å². The second-order valence-electron chi connectivity index (χ2n) is 8.76. The summed E-state index contributed by atoms with van der Waals surface area (Å²) < 4.78 is 0. The largest absolute Gasteiger partial charge is 0.342 e. The van der Waals surface area contributed by atoms with Gasteiger partial charge in [0.15, 0.2) is 0 Å². The first-order valence-corrected chi connectivity index (χ1v) is 10.6. The van der Waals surface area contributed by atoms with Crippen molar-refractivity contribution in [3.63, 3.8) is 0 Å². The number of carbonyl (C=O) groups is 2. The Bertz CT molecular complexity index is 643. The van der Waals surface area contributed by atoms with Crippen molar-refractivity contribution in [2.75, 3.05) is 26.2 Å². The Balaban J connectivity index is 1.52. The summed E-state index contributed by atoms with van der Waals surface area (Å²) in [5.41, 5.74) is 1.03. The summed E-state index contributed by atoms with van der Waals surface area (Å²) in [6.45, 7) is 7.39. The van der Waals surface area contributed by atoms with E-state index in [1.54, 1.807) is 0 Å². The van der Waals surface area contributed by atoms with Gasteiger partial charge in [-0.05, 0) is 50.0 Å². The van der Waals surface area contributed by atoms with Crippen molar-refractivity contribution in [2.24, 2.45) is 11.3 Å². The maximum Gasteiger partial charge on any atom is 0.230 e. The number of piperidine rings is 1. The highest BCUT2D eigenvalue weighted by Gasteiger charge is 2.49. The molecule has 2 fully saturated rings. The molecule has 0 N–H and O–H groups in total. The van der Waals surface area contributed by atoms with Gasteiger partial charge in [-0.3, -0.25) is 9.59 Å². The van der Waals surface area contributed by atoms with Crippen molar-refractivity contribution in [1.29, 1.82) is 0 Å². The third-order valence-corrected chi connectivity index (χ3v) is 6.20. The predicted octanol–water partition coefficient (Wildman–Crippen LogP) is 3.90. The van der Waals surface area contributed by atoms with Gasteiger partial charge in [-0.1, -0.05) is 44.2 Å². The van der Waals surface area contributed by atoms with Gasteiger partial charge in [-0.15, -0.1) is 0 Å². The number of likely N-dealkylation sites (tertiary alicyclic amines) is 2. The van der Waals surface area contributed by atoms with Crippen molar-refractivity contribution in [2.45, 2.75) is 58.8 Å². The van der Waals surface area contributed by atoms with Gasteiger partial charge in [0, 0.05) is 32.6 Å². The number of amides is 2. The van der Waals surface area contributed by atoms with Crippen LogP contribution in [0.4, 0.5) is 0 Å². The van der Waals surface area contributed by atoms with Crippen LogP contribution in [0.15, 0.2) is 30.3 Å². The number of nitrogens with zero attached hydrogens (tertiary/aromatic N) is 2. The molecule has 0 unspecified atom stereocenters. The van der Waals surface area contributed by atoms with E-state index in [2.05, 4.69) is 43.0 Å². The van der Waals surface area contributed by atoms with Crippen molar-refractivity contribution < 1.29 is 9.59 Å². The fourth-order valence-electron chi connectivity index (χ4n) is 4.52. The van der Waals surface area contributed by atoms with Crippen molar-refractivity contribution >= 4 is 11.8 Å². The Labute approximate surface area is 163 Å². The molecule has 0 bridgehead atoms. The molecule has 4 heteroatoms. The second kappa shape index (κ2) is 8.90. The number of benzene rings is 1. The first-order chi connectivity index (χ1) is 13.0. The van der Waals surface area contributed by atoms with Crippen LogP contribution in [-0.2, 0) is 16.0 Å². The van der Waals surface area contributed by atoms with Crippen LogP contribution < -0.4 is 0 Å². The van der Waals surface area contributed by atoms with Gasteiger partial charge in [-0.25, -0.2) is 0 Å². The molecule has 1 spiro atoms. The Morgan fingerprint density at radius 2 is 1.93 bits per heavy atom. The van der Waals surface area contributed by atoms with Crippen LogP contribution >= 0.6 is 0 Å². The molecule has 0 saturated carbocycles. The topological polar surface area (TPSA) is 40.6 Å². The van der Waals surface area contributed by atoms with E-state index >= 15 is 0 Å². The van der Waals surface area contributed by atoms with Crippen molar-refractivity contribution in [3.8, 4) is 0 Å². The fourth-order valence-corrected chi connectivity index (χ4v) is 4.52. The maximum absolute atomic E-state index is 13.2. The molecule has 0 aromatic heterocycles. The summed E-state index contributed by atoms with van der Waals surface area (Å²) in [7, 11) is 0. The molecule has 1 aromatic carbocycles. The molecular weight excluding hydrogens is 336 g/mol. The van der Waals surface area contributed by atoms with Crippen LogP contribution in [0, 0.1) is 11.3 Å². The Hall–Kier alpha value is -1.84. The molecule has 0 radical (unpaired) electrons. The number of aryl methyl sites for hydroxylation is 1. The first-order valence-electron chi connectivity index (χ1n) is 10.6. The smallest absolute Gasteiger partial charge is 0.230 e. The molecular formula is C23H34N2O2. The first kappa shape index (κ1) is 19.9. The number of rotatable bonds is 7. The average molecular weight is 371 g/mol. The van der Waals surface area contributed by atoms with Gasteiger partial charge < -0.3 is 9.80 Å². The lowest BCUT2D eigenvalue weighted by Crippen LogP contribution is -2.50. The molecule has 3 rings (SSSR count). The van der Waals surface area contributed by atoms with E-state index in [0.717, 1.165) is 58.2 Å². The van der Waals surface area contributed by atoms with E-state index in [4.69, 9.17) is 0 Å². The van der Waals surface area contributed by atoms with E-state index in [0.29, 0.717) is 24.8 Å². The minimum absolute atomic E-state index is 0.231. The molecule has 2 aliphatic rings. The highest BCUT2D eigenvalue weighted by molar-refractivity contribution is 5.86. The van der Waals surface area contributed by atoms with Crippen LogP contribution in [-0.4, -0.2) is 47.8 Å². The standard InChI is InChI=1S/C23H34N2O2/c1-19(2)11-12-21(26)25-17-14-23(18-25)13-7-16-24(22(23)27)15-6-10-20-8-4-3-5-9-20/h3-5,8-9,19H,6-7,10-18H2,1-2H3/t23-/m1/s1. The molecule has 2 aliphatic heterocycles. The molecule has 1 atom stereocenters. The van der Waals surface area contributed by atoms with Crippen LogP contribution in [0.3, 0.4) is 0 Å². The zero-order valence-corrected chi connectivity index (χ0v) is 17.0. The summed E-state index contributed by atoms with van der Waals surface area (Å²) in [5.74, 6) is 1.07. The average Bonchev–Trinajstić information content (AvgIpc) is 3.09.